The van der Waals surface area contributed by atoms with Crippen LogP contribution < -0.4 is 29.6 Å². The van der Waals surface area contributed by atoms with Crippen LogP contribution in [0.5, 0.6) is 0 Å². The molecule has 0 amide bonds. The van der Waals surface area contributed by atoms with Crippen molar-refractivity contribution in [2.45, 2.75) is 71.3 Å². The monoisotopic (exact) mass is 337 g/mol. The van der Waals surface area contributed by atoms with Crippen LogP contribution in [0.3, 0.4) is 0 Å². The molecule has 1 aromatic heterocycles. The molecule has 8 nitrogen and oxygen atoms in total. The van der Waals surface area contributed by atoms with Crippen molar-refractivity contribution in [1.29, 1.82) is 0 Å². The molecule has 0 unspecified atom stereocenters. The van der Waals surface area contributed by atoms with Crippen LogP contribution in [0.15, 0.2) is 0 Å². The van der Waals surface area contributed by atoms with Crippen molar-refractivity contribution < 1.29 is 61.8 Å². The van der Waals surface area contributed by atoms with Crippen molar-refractivity contribution >= 4 is 5.78 Å². The molecular weight excluding hydrogens is 293 g/mol. The zero-order chi connectivity index (χ0) is 32.6. The van der Waals surface area contributed by atoms with Crippen LogP contribution in [-0.2, 0) is 17.7 Å². The Morgan fingerprint density at radius 1 is 1.05 bits per heavy atom. The van der Waals surface area contributed by atoms with Gasteiger partial charge in [0.05, 0.1) is 2.74 Å². The quantitative estimate of drug-likeness (QED) is 0.295. The minimum Gasteiger partial charge on any atom is -0.373 e. The van der Waals surface area contributed by atoms with Gasteiger partial charge in [-0.15, -0.1) is 5.10 Å². The third kappa shape index (κ3) is 9.89. The summed E-state index contributed by atoms with van der Waals surface area (Å²) in [6, 6.07) is 0. The molecule has 1 aliphatic carbocycles. The molecule has 1 saturated carbocycles. The van der Waals surface area contributed by atoms with E-state index < -0.39 is 75.5 Å². The third-order valence-corrected chi connectivity index (χ3v) is 1.41. The number of hydrogen-bond acceptors (Lipinski definition) is 4. The van der Waals surface area contributed by atoms with Crippen LogP contribution >= 0.6 is 0 Å². The second kappa shape index (κ2) is 15.0. The van der Waals surface area contributed by atoms with E-state index in [9.17, 15) is 4.79 Å². The first kappa shape index (κ1) is 5.55. The van der Waals surface area contributed by atoms with E-state index in [1.165, 1.54) is 4.91 Å². The number of carbonyl (C=O) groups excluding carboxylic acids is 1. The van der Waals surface area contributed by atoms with E-state index in [0.29, 0.717) is 0 Å². The molecule has 0 radical (unpaired) electrons. The fourth-order valence-corrected chi connectivity index (χ4v) is 0.778. The first-order valence-corrected chi connectivity index (χ1v) is 4.62. The van der Waals surface area contributed by atoms with E-state index in [-0.39, 0.29) is 41.7 Å². The molecule has 0 atom stereocenters. The molecule has 1 aromatic rings. The van der Waals surface area contributed by atoms with Gasteiger partial charge in [-0.3, -0.25) is 9.71 Å². The number of aryl methyl sites for hydroxylation is 2. The van der Waals surface area contributed by atoms with Gasteiger partial charge in [-0.05, 0) is 35.9 Å². The molecule has 2 heterocycles. The standard InChI is InChI=1S/C6H10N4.C6H10O.CH4.N3.Na/c1-2-4-6-7-8-9-10(6)5-3-1;7-6-4-2-1-3-5-6;;1-3-2;/h1-5H2;1-5H2;1H4;;/q;;;-1;+1/i2*1D2,2D2,3D2,4D2,5D2;;;. The first-order chi connectivity index (χ1) is 17.3. The summed E-state index contributed by atoms with van der Waals surface area (Å²) < 4.78 is 150. The Morgan fingerprint density at radius 3 is 2.23 bits per heavy atom. The van der Waals surface area contributed by atoms with Crippen LogP contribution in [0.2, 0.25) is 0 Å². The SMILES string of the molecule is C.[2H]C1([2H])C(=O)C([2H])([2H])C([2H])([2H])C([2H])([2H])C1([2H])[2H].[2H]C1([2H])c2nnnn2C([2H])([2H])C([2H])([2H])C([2H])([2H])C1([2H])[2H].[N-]=[N+]=[N-].[Na+]. The van der Waals surface area contributed by atoms with E-state index in [1.54, 1.807) is 0 Å². The largest absolute Gasteiger partial charge is 1.00 e. The van der Waals surface area contributed by atoms with Gasteiger partial charge in [0.1, 0.15) is 5.78 Å². The second-order valence-electron chi connectivity index (χ2n) is 2.57. The van der Waals surface area contributed by atoms with Gasteiger partial charge >= 0.3 is 29.6 Å². The first-order valence-electron chi connectivity index (χ1n) is 14.6. The number of aromatic nitrogens is 4. The van der Waals surface area contributed by atoms with Gasteiger partial charge in [-0.25, -0.2) is 4.68 Å². The van der Waals surface area contributed by atoms with Gasteiger partial charge in [-0.2, -0.15) is 0 Å². The van der Waals surface area contributed by atoms with Crippen molar-refractivity contribution in [3.8, 4) is 0 Å². The second-order valence-corrected chi connectivity index (χ2v) is 2.57. The van der Waals surface area contributed by atoms with E-state index in [1.807, 2.05) is 0 Å². The molecule has 0 aromatic carbocycles. The van der Waals surface area contributed by atoms with Gasteiger partial charge in [0.15, 0.2) is 5.82 Å². The molecule has 9 heteroatoms. The summed E-state index contributed by atoms with van der Waals surface area (Å²) in [5.41, 5.74) is 13.5. The smallest absolute Gasteiger partial charge is 0.373 e. The number of tetrazole rings is 1. The van der Waals surface area contributed by atoms with Crippen molar-refractivity contribution in [3.05, 3.63) is 21.8 Å². The number of carbonyl (C=O) groups is 1. The Balaban J connectivity index is 0. The number of Topliss-reactive ketones (excluding diaryl/α,β-unsaturated/α-hetero) is 1. The summed E-state index contributed by atoms with van der Waals surface area (Å²) in [7, 11) is 0. The Hall–Kier alpha value is -0.950. The Bertz CT molecular complexity index is 1110. The van der Waals surface area contributed by atoms with Gasteiger partial charge in [0, 0.05) is 50.3 Å². The van der Waals surface area contributed by atoms with Gasteiger partial charge in [0.25, 0.3) is 0 Å². The molecule has 1 aliphatic heterocycles. The predicted molar refractivity (Wildman–Crippen MR) is 80.3 cm³/mol. The maximum absolute atomic E-state index is 11.5. The topological polar surface area (TPSA) is 119 Å². The minimum absolute atomic E-state index is 0. The summed E-state index contributed by atoms with van der Waals surface area (Å²) in [5.74, 6) is -2.83. The summed E-state index contributed by atoms with van der Waals surface area (Å²) in [6.45, 7) is -3.17. The van der Waals surface area contributed by atoms with Gasteiger partial charge in [-0.1, -0.05) is 20.2 Å². The number of ketones is 1. The third-order valence-electron chi connectivity index (χ3n) is 1.41. The fourth-order valence-electron chi connectivity index (χ4n) is 0.778. The Kier molecular flexibility index (Phi) is 3.77. The van der Waals surface area contributed by atoms with E-state index >= 15 is 0 Å². The molecule has 2 aliphatic rings. The van der Waals surface area contributed by atoms with Crippen molar-refractivity contribution in [2.24, 2.45) is 0 Å². The number of rotatable bonds is 0. The maximum Gasteiger partial charge on any atom is 1.00 e. The Morgan fingerprint density at radius 2 is 1.59 bits per heavy atom. The van der Waals surface area contributed by atoms with Crippen molar-refractivity contribution in [2.75, 3.05) is 0 Å². The number of hydrogen-bond donors (Lipinski definition) is 0. The molecule has 118 valence electrons. The molecule has 1 fully saturated rings. The summed E-state index contributed by atoms with van der Waals surface area (Å²) in [4.78, 5) is 13.0. The number of fused-ring (bicyclic) bond motifs is 1. The average molecular weight is 337 g/mol. The summed E-state index contributed by atoms with van der Waals surface area (Å²) in [5, 5.41) is 9.41. The average Bonchev–Trinajstić information content (AvgIpc) is 3.28. The molecule has 0 saturated heterocycles. The summed E-state index contributed by atoms with van der Waals surface area (Å²) in [6.07, 6.45) is -30.7. The zero-order valence-electron chi connectivity index (χ0n) is 30.5. The zero-order valence-corrected chi connectivity index (χ0v) is 12.5. The normalized spacial score (nSPS) is 52.1. The van der Waals surface area contributed by atoms with Crippen LogP contribution in [0.4, 0.5) is 0 Å². The van der Waals surface area contributed by atoms with E-state index in [4.69, 9.17) is 38.5 Å². The fraction of sp³-hybridized carbons (Fsp3) is 0.846. The van der Waals surface area contributed by atoms with Gasteiger partial charge in [0.2, 0.25) is 0 Å². The molecule has 0 bridgehead atoms. The molecule has 22 heavy (non-hydrogen) atoms. The van der Waals surface area contributed by atoms with E-state index in [0.717, 1.165) is 0 Å². The molecule has 0 N–H and O–H groups in total. The van der Waals surface area contributed by atoms with Crippen LogP contribution in [0.1, 0.15) is 91.6 Å². The van der Waals surface area contributed by atoms with Crippen molar-refractivity contribution in [3.63, 3.8) is 0 Å². The Labute approximate surface area is 181 Å². The van der Waals surface area contributed by atoms with E-state index in [2.05, 4.69) is 15.5 Å². The van der Waals surface area contributed by atoms with Crippen LogP contribution in [0.25, 0.3) is 16.0 Å². The number of nitrogens with zero attached hydrogens (tertiary/aromatic N) is 7. The van der Waals surface area contributed by atoms with Crippen LogP contribution in [0, 0.1) is 0 Å². The molecule has 0 spiro atoms. The van der Waals surface area contributed by atoms with Crippen LogP contribution in [-0.4, -0.2) is 26.0 Å². The molecule has 3 rings (SSSR count). The molecular formula is C13H24N7NaO. The maximum atomic E-state index is 11.5. The minimum atomic E-state index is -3.49. The predicted octanol–water partition coefficient (Wildman–Crippen LogP) is 0.425. The van der Waals surface area contributed by atoms with Crippen molar-refractivity contribution in [1.82, 2.24) is 20.2 Å². The van der Waals surface area contributed by atoms with Gasteiger partial charge < -0.3 is 11.1 Å². The summed E-state index contributed by atoms with van der Waals surface area (Å²) >= 11 is 0.